The van der Waals surface area contributed by atoms with Crippen LogP contribution in [-0.4, -0.2) is 19.0 Å². The van der Waals surface area contributed by atoms with Crippen LogP contribution in [0.5, 0.6) is 0 Å². The number of anilines is 1. The summed E-state index contributed by atoms with van der Waals surface area (Å²) in [6, 6.07) is 5.66. The molecule has 3 nitrogen and oxygen atoms in total. The maximum absolute atomic E-state index is 11.6. The number of hydrogen-bond donors (Lipinski definition) is 3. The number of carbonyl (C=O) groups excluding carboxylic acids is 1. The Labute approximate surface area is 102 Å². The second-order valence-electron chi connectivity index (χ2n) is 3.80. The molecule has 0 saturated carbocycles. The smallest absolute Gasteiger partial charge is 0.241 e. The lowest BCUT2D eigenvalue weighted by atomic mass is 10.1. The highest BCUT2D eigenvalue weighted by Gasteiger charge is 2.10. The molecule has 2 N–H and O–H groups in total. The average molecular weight is 238 g/mol. The van der Waals surface area contributed by atoms with Gasteiger partial charge in [-0.05, 0) is 44.2 Å². The molecule has 16 heavy (non-hydrogen) atoms. The SMILES string of the molecule is CNC(C)C(=O)Nc1ccc(CS)c(C)c1. The van der Waals surface area contributed by atoms with Gasteiger partial charge in [-0.3, -0.25) is 4.79 Å². The molecule has 88 valence electrons. The van der Waals surface area contributed by atoms with Crippen molar-refractivity contribution in [2.24, 2.45) is 0 Å². The van der Waals surface area contributed by atoms with Crippen LogP contribution in [0.1, 0.15) is 18.1 Å². The fourth-order valence-electron chi connectivity index (χ4n) is 1.33. The van der Waals surface area contributed by atoms with Gasteiger partial charge in [-0.15, -0.1) is 0 Å². The van der Waals surface area contributed by atoms with Crippen LogP contribution in [0.15, 0.2) is 18.2 Å². The molecule has 0 spiro atoms. The van der Waals surface area contributed by atoms with Crippen molar-refractivity contribution >= 4 is 24.2 Å². The normalized spacial score (nSPS) is 12.2. The van der Waals surface area contributed by atoms with Gasteiger partial charge in [0.25, 0.3) is 0 Å². The summed E-state index contributed by atoms with van der Waals surface area (Å²) in [5, 5.41) is 5.76. The molecule has 0 aliphatic carbocycles. The number of amides is 1. The molecule has 0 aliphatic rings. The minimum atomic E-state index is -0.190. The Morgan fingerprint density at radius 1 is 1.50 bits per heavy atom. The summed E-state index contributed by atoms with van der Waals surface area (Å²) >= 11 is 4.23. The predicted octanol–water partition coefficient (Wildman–Crippen LogP) is 1.97. The maximum atomic E-state index is 11.6. The number of hydrogen-bond acceptors (Lipinski definition) is 3. The van der Waals surface area contributed by atoms with Crippen molar-refractivity contribution < 1.29 is 4.79 Å². The summed E-state index contributed by atoms with van der Waals surface area (Å²) < 4.78 is 0. The second kappa shape index (κ2) is 5.92. The van der Waals surface area contributed by atoms with E-state index in [1.165, 1.54) is 5.56 Å². The van der Waals surface area contributed by atoms with E-state index in [9.17, 15) is 4.79 Å². The van der Waals surface area contributed by atoms with Crippen molar-refractivity contribution in [3.63, 3.8) is 0 Å². The Balaban J connectivity index is 2.75. The number of carbonyl (C=O) groups is 1. The van der Waals surface area contributed by atoms with Crippen LogP contribution in [0.3, 0.4) is 0 Å². The highest BCUT2D eigenvalue weighted by atomic mass is 32.1. The van der Waals surface area contributed by atoms with Gasteiger partial charge >= 0.3 is 0 Å². The molecule has 0 aromatic heterocycles. The van der Waals surface area contributed by atoms with Crippen LogP contribution in [0.25, 0.3) is 0 Å². The zero-order valence-corrected chi connectivity index (χ0v) is 10.8. The lowest BCUT2D eigenvalue weighted by Crippen LogP contribution is -2.35. The molecule has 0 heterocycles. The first-order valence-corrected chi connectivity index (χ1v) is 5.90. The Morgan fingerprint density at radius 2 is 2.19 bits per heavy atom. The molecule has 0 saturated heterocycles. The number of thiol groups is 1. The van der Waals surface area contributed by atoms with E-state index < -0.39 is 0 Å². The third kappa shape index (κ3) is 3.25. The van der Waals surface area contributed by atoms with Crippen molar-refractivity contribution in [1.29, 1.82) is 0 Å². The Kier molecular flexibility index (Phi) is 4.83. The van der Waals surface area contributed by atoms with Gasteiger partial charge in [0.1, 0.15) is 0 Å². The molecule has 1 aromatic rings. The van der Waals surface area contributed by atoms with E-state index in [2.05, 4.69) is 23.3 Å². The van der Waals surface area contributed by atoms with Crippen LogP contribution >= 0.6 is 12.6 Å². The molecule has 1 aromatic carbocycles. The van der Waals surface area contributed by atoms with E-state index in [1.807, 2.05) is 32.0 Å². The van der Waals surface area contributed by atoms with Crippen molar-refractivity contribution in [2.75, 3.05) is 12.4 Å². The first kappa shape index (κ1) is 13.1. The molecule has 1 rings (SSSR count). The van der Waals surface area contributed by atoms with Crippen LogP contribution < -0.4 is 10.6 Å². The number of nitrogens with one attached hydrogen (secondary N) is 2. The largest absolute Gasteiger partial charge is 0.325 e. The van der Waals surface area contributed by atoms with Gasteiger partial charge in [-0.25, -0.2) is 0 Å². The van der Waals surface area contributed by atoms with E-state index in [0.29, 0.717) is 5.75 Å². The van der Waals surface area contributed by atoms with Crippen LogP contribution in [-0.2, 0) is 10.5 Å². The van der Waals surface area contributed by atoms with E-state index in [1.54, 1.807) is 7.05 Å². The maximum Gasteiger partial charge on any atom is 0.241 e. The number of benzene rings is 1. The first-order chi connectivity index (χ1) is 7.58. The first-order valence-electron chi connectivity index (χ1n) is 5.27. The molecule has 1 atom stereocenters. The summed E-state index contributed by atoms with van der Waals surface area (Å²) in [5.41, 5.74) is 3.16. The van der Waals surface area contributed by atoms with E-state index in [-0.39, 0.29) is 11.9 Å². The number of aryl methyl sites for hydroxylation is 1. The molecule has 0 aliphatic heterocycles. The summed E-state index contributed by atoms with van der Waals surface area (Å²) in [4.78, 5) is 11.6. The molecule has 1 amide bonds. The lowest BCUT2D eigenvalue weighted by molar-refractivity contribution is -0.117. The highest BCUT2D eigenvalue weighted by Crippen LogP contribution is 2.16. The van der Waals surface area contributed by atoms with E-state index in [0.717, 1.165) is 11.3 Å². The summed E-state index contributed by atoms with van der Waals surface area (Å²) in [7, 11) is 1.76. The predicted molar refractivity (Wildman–Crippen MR) is 71.0 cm³/mol. The van der Waals surface area contributed by atoms with Gasteiger partial charge in [-0.2, -0.15) is 12.6 Å². The Hall–Kier alpha value is -1.00. The molecule has 0 radical (unpaired) electrons. The van der Waals surface area contributed by atoms with Crippen LogP contribution in [0, 0.1) is 6.92 Å². The lowest BCUT2D eigenvalue weighted by Gasteiger charge is -2.12. The van der Waals surface area contributed by atoms with Gasteiger partial charge < -0.3 is 10.6 Å². The van der Waals surface area contributed by atoms with Gasteiger partial charge in [0.2, 0.25) is 5.91 Å². The van der Waals surface area contributed by atoms with Crippen LogP contribution in [0.2, 0.25) is 0 Å². The molecule has 0 bridgehead atoms. The standard InChI is InChI=1S/C12H18N2OS/c1-8-6-11(5-4-10(8)7-16)14-12(15)9(2)13-3/h4-6,9,13,16H,7H2,1-3H3,(H,14,15). The van der Waals surface area contributed by atoms with Gasteiger partial charge in [0, 0.05) is 11.4 Å². The van der Waals surface area contributed by atoms with Crippen molar-refractivity contribution in [3.8, 4) is 0 Å². The van der Waals surface area contributed by atoms with E-state index in [4.69, 9.17) is 0 Å². The number of rotatable bonds is 4. The summed E-state index contributed by atoms with van der Waals surface area (Å²) in [6.45, 7) is 3.84. The summed E-state index contributed by atoms with van der Waals surface area (Å²) in [5.74, 6) is 0.688. The summed E-state index contributed by atoms with van der Waals surface area (Å²) in [6.07, 6.45) is 0. The van der Waals surface area contributed by atoms with Crippen molar-refractivity contribution in [3.05, 3.63) is 29.3 Å². The zero-order valence-electron chi connectivity index (χ0n) is 9.87. The third-order valence-corrected chi connectivity index (χ3v) is 2.95. The van der Waals surface area contributed by atoms with Gasteiger partial charge in [-0.1, -0.05) is 6.07 Å². The Bertz CT molecular complexity index is 379. The Morgan fingerprint density at radius 3 is 2.69 bits per heavy atom. The molecular formula is C12H18N2OS. The molecular weight excluding hydrogens is 220 g/mol. The highest BCUT2D eigenvalue weighted by molar-refractivity contribution is 7.79. The van der Waals surface area contributed by atoms with Gasteiger partial charge in [0.15, 0.2) is 0 Å². The second-order valence-corrected chi connectivity index (χ2v) is 4.12. The van der Waals surface area contributed by atoms with Crippen molar-refractivity contribution in [1.82, 2.24) is 5.32 Å². The minimum absolute atomic E-state index is 0.0273. The number of likely N-dealkylation sites (N-methyl/N-ethyl adjacent to an activating group) is 1. The zero-order chi connectivity index (χ0) is 12.1. The molecule has 1 unspecified atom stereocenters. The monoisotopic (exact) mass is 238 g/mol. The van der Waals surface area contributed by atoms with E-state index >= 15 is 0 Å². The molecule has 0 fully saturated rings. The third-order valence-electron chi connectivity index (χ3n) is 2.61. The van der Waals surface area contributed by atoms with Crippen molar-refractivity contribution in [2.45, 2.75) is 25.6 Å². The average Bonchev–Trinajstić information content (AvgIpc) is 2.28. The minimum Gasteiger partial charge on any atom is -0.325 e. The molecule has 4 heteroatoms. The fourth-order valence-corrected chi connectivity index (χ4v) is 1.69. The quantitative estimate of drug-likeness (QED) is 0.702. The van der Waals surface area contributed by atoms with Gasteiger partial charge in [0.05, 0.1) is 6.04 Å². The fraction of sp³-hybridized carbons (Fsp3) is 0.417. The van der Waals surface area contributed by atoms with Crippen LogP contribution in [0.4, 0.5) is 5.69 Å². The topological polar surface area (TPSA) is 41.1 Å².